The van der Waals surface area contributed by atoms with Crippen LogP contribution in [0.2, 0.25) is 0 Å². The first-order valence-electron chi connectivity index (χ1n) is 8.85. The number of aliphatic imine (C=N–C) groups is 1. The van der Waals surface area contributed by atoms with E-state index in [-0.39, 0.29) is 5.78 Å². The van der Waals surface area contributed by atoms with Crippen LogP contribution in [0.1, 0.15) is 66.7 Å². The highest BCUT2D eigenvalue weighted by molar-refractivity contribution is 6.22. The Labute approximate surface area is 142 Å². The van der Waals surface area contributed by atoms with E-state index in [1.54, 1.807) is 0 Å². The molecule has 124 valence electrons. The maximum atomic E-state index is 12.4. The third-order valence-electron chi connectivity index (χ3n) is 5.33. The van der Waals surface area contributed by atoms with Crippen LogP contribution in [0, 0.1) is 6.92 Å². The van der Waals surface area contributed by atoms with Crippen molar-refractivity contribution in [1.82, 2.24) is 9.97 Å². The Morgan fingerprint density at radius 3 is 3.04 bits per heavy atom. The molecule has 1 aliphatic carbocycles. The Balaban J connectivity index is 1.75. The number of rotatable bonds is 3. The first kappa shape index (κ1) is 15.2. The second kappa shape index (κ2) is 5.93. The zero-order valence-electron chi connectivity index (χ0n) is 14.3. The summed E-state index contributed by atoms with van der Waals surface area (Å²) in [4.78, 5) is 23.6. The van der Waals surface area contributed by atoms with Gasteiger partial charge in [-0.05, 0) is 67.9 Å². The summed E-state index contributed by atoms with van der Waals surface area (Å²) in [5, 5.41) is 0. The van der Waals surface area contributed by atoms with E-state index in [1.807, 2.05) is 24.4 Å². The van der Waals surface area contributed by atoms with Gasteiger partial charge < -0.3 is 9.97 Å². The van der Waals surface area contributed by atoms with Gasteiger partial charge in [-0.15, -0.1) is 0 Å². The van der Waals surface area contributed by atoms with E-state index in [0.717, 1.165) is 29.9 Å². The van der Waals surface area contributed by atoms with Crippen LogP contribution in [-0.2, 0) is 11.2 Å². The number of nitrogens with one attached hydrogen (secondary N) is 2. The lowest BCUT2D eigenvalue weighted by Gasteiger charge is -2.22. The smallest absolute Gasteiger partial charge is 0.187 e. The Hall–Kier alpha value is -2.36. The summed E-state index contributed by atoms with van der Waals surface area (Å²) >= 11 is 0. The van der Waals surface area contributed by atoms with Crippen molar-refractivity contribution in [3.8, 4) is 0 Å². The van der Waals surface area contributed by atoms with Crippen molar-refractivity contribution in [3.05, 3.63) is 52.2 Å². The minimum absolute atomic E-state index is 0.101. The number of ketones is 1. The molecule has 4 nitrogen and oxygen atoms in total. The molecule has 4 rings (SSSR count). The minimum Gasteiger partial charge on any atom is -0.360 e. The number of carbonyl (C=O) groups excluding carboxylic acids is 1. The zero-order valence-corrected chi connectivity index (χ0v) is 14.3. The van der Waals surface area contributed by atoms with Crippen molar-refractivity contribution < 1.29 is 4.79 Å². The molecule has 1 aliphatic heterocycles. The molecule has 24 heavy (non-hydrogen) atoms. The molecular weight excluding hydrogens is 298 g/mol. The van der Waals surface area contributed by atoms with Crippen LogP contribution in [0.4, 0.5) is 0 Å². The first-order chi connectivity index (χ1) is 11.7. The number of Topliss-reactive ketones (excluding diaryl/α,β-unsaturated/α-hetero) is 1. The number of fused-ring (bicyclic) bond motifs is 1. The van der Waals surface area contributed by atoms with Gasteiger partial charge in [0.15, 0.2) is 5.78 Å². The predicted molar refractivity (Wildman–Crippen MR) is 96.4 cm³/mol. The van der Waals surface area contributed by atoms with Crippen LogP contribution >= 0.6 is 0 Å². The summed E-state index contributed by atoms with van der Waals surface area (Å²) in [5.41, 5.74) is 7.55. The van der Waals surface area contributed by atoms with Crippen molar-refractivity contribution in [3.63, 3.8) is 0 Å². The molecule has 0 radical (unpaired) electrons. The molecule has 1 atom stereocenters. The van der Waals surface area contributed by atoms with Gasteiger partial charge in [0, 0.05) is 17.6 Å². The molecule has 0 spiro atoms. The first-order valence-corrected chi connectivity index (χ1v) is 8.85. The van der Waals surface area contributed by atoms with E-state index in [2.05, 4.69) is 28.8 Å². The Bertz CT molecular complexity index is 837. The predicted octanol–water partition coefficient (Wildman–Crippen LogP) is 4.28. The fraction of sp³-hybridized carbons (Fsp3) is 0.400. The number of H-pyrrole nitrogens is 2. The largest absolute Gasteiger partial charge is 0.360 e. The molecule has 3 heterocycles. The van der Waals surface area contributed by atoms with Gasteiger partial charge in [0.1, 0.15) is 5.70 Å². The van der Waals surface area contributed by atoms with Crippen LogP contribution in [0.15, 0.2) is 29.0 Å². The van der Waals surface area contributed by atoms with Crippen LogP contribution in [0.5, 0.6) is 0 Å². The number of allylic oxidation sites excluding steroid dienone is 1. The lowest BCUT2D eigenvalue weighted by atomic mass is 9.81. The van der Waals surface area contributed by atoms with E-state index in [4.69, 9.17) is 0 Å². The number of nitrogens with zero attached hydrogens (tertiary/aromatic N) is 1. The third kappa shape index (κ3) is 2.46. The van der Waals surface area contributed by atoms with E-state index in [1.165, 1.54) is 29.7 Å². The van der Waals surface area contributed by atoms with Crippen LogP contribution in [-0.4, -0.2) is 21.5 Å². The molecule has 0 fully saturated rings. The molecule has 0 saturated heterocycles. The van der Waals surface area contributed by atoms with Gasteiger partial charge in [-0.1, -0.05) is 6.92 Å². The van der Waals surface area contributed by atoms with Gasteiger partial charge in [-0.3, -0.25) is 4.79 Å². The van der Waals surface area contributed by atoms with Crippen LogP contribution < -0.4 is 0 Å². The van der Waals surface area contributed by atoms with Crippen LogP contribution in [0.25, 0.3) is 6.08 Å². The maximum Gasteiger partial charge on any atom is 0.187 e. The molecule has 2 aromatic heterocycles. The molecule has 0 amide bonds. The summed E-state index contributed by atoms with van der Waals surface area (Å²) in [7, 11) is 0. The normalized spacial score (nSPS) is 22.1. The zero-order chi connectivity index (χ0) is 16.7. The number of hydrogen-bond acceptors (Lipinski definition) is 2. The van der Waals surface area contributed by atoms with Crippen LogP contribution in [0.3, 0.4) is 0 Å². The standard InChI is InChI=1S/C20H23N3O/c1-3-13-6-4-7-14-12(2)22-18(20(13)14)10-17-19(24)11-16(23-17)15-8-5-9-21-15/h5,8-10,13,21-22H,3-4,6-7,11H2,1-2H3. The molecular formula is C20H23N3O. The molecule has 4 heteroatoms. The van der Waals surface area contributed by atoms with Crippen molar-refractivity contribution >= 4 is 17.6 Å². The summed E-state index contributed by atoms with van der Waals surface area (Å²) in [6.45, 7) is 4.39. The average Bonchev–Trinajstić information content (AvgIpc) is 3.29. The summed E-state index contributed by atoms with van der Waals surface area (Å²) < 4.78 is 0. The van der Waals surface area contributed by atoms with Crippen molar-refractivity contribution in [1.29, 1.82) is 0 Å². The second-order valence-electron chi connectivity index (χ2n) is 6.83. The van der Waals surface area contributed by atoms with Gasteiger partial charge in [-0.25, -0.2) is 4.99 Å². The average molecular weight is 321 g/mol. The van der Waals surface area contributed by atoms with Crippen molar-refractivity contribution in [2.24, 2.45) is 4.99 Å². The molecule has 0 saturated carbocycles. The molecule has 2 N–H and O–H groups in total. The fourth-order valence-electron chi connectivity index (χ4n) is 4.09. The van der Waals surface area contributed by atoms with Crippen molar-refractivity contribution in [2.75, 3.05) is 0 Å². The second-order valence-corrected chi connectivity index (χ2v) is 6.83. The SMILES string of the molecule is CCC1CCCc2c(C)[nH]c(C=C3N=C(c4ccc[nH]4)CC3=O)c21. The summed E-state index contributed by atoms with van der Waals surface area (Å²) in [6.07, 6.45) is 8.99. The topological polar surface area (TPSA) is 61.0 Å². The number of carbonyl (C=O) groups is 1. The van der Waals surface area contributed by atoms with E-state index >= 15 is 0 Å². The van der Waals surface area contributed by atoms with Gasteiger partial charge in [0.05, 0.1) is 17.8 Å². The highest BCUT2D eigenvalue weighted by Crippen LogP contribution is 2.39. The fourth-order valence-corrected chi connectivity index (χ4v) is 4.09. The highest BCUT2D eigenvalue weighted by atomic mass is 16.1. The monoisotopic (exact) mass is 321 g/mol. The summed E-state index contributed by atoms with van der Waals surface area (Å²) in [6, 6.07) is 3.89. The van der Waals surface area contributed by atoms with Gasteiger partial charge in [0.25, 0.3) is 0 Å². The molecule has 0 bridgehead atoms. The molecule has 2 aromatic rings. The molecule has 1 unspecified atom stereocenters. The number of aromatic amines is 2. The van der Waals surface area contributed by atoms with E-state index in [9.17, 15) is 4.79 Å². The molecule has 0 aromatic carbocycles. The Morgan fingerprint density at radius 2 is 2.29 bits per heavy atom. The van der Waals surface area contributed by atoms with Crippen molar-refractivity contribution in [2.45, 2.75) is 51.9 Å². The quantitative estimate of drug-likeness (QED) is 0.814. The number of aromatic nitrogens is 2. The van der Waals surface area contributed by atoms with Gasteiger partial charge >= 0.3 is 0 Å². The van der Waals surface area contributed by atoms with E-state index in [0.29, 0.717) is 18.0 Å². The Kier molecular flexibility index (Phi) is 3.75. The number of aryl methyl sites for hydroxylation is 1. The van der Waals surface area contributed by atoms with Gasteiger partial charge in [-0.2, -0.15) is 0 Å². The third-order valence-corrected chi connectivity index (χ3v) is 5.33. The lowest BCUT2D eigenvalue weighted by molar-refractivity contribution is -0.114. The Morgan fingerprint density at radius 1 is 1.42 bits per heavy atom. The highest BCUT2D eigenvalue weighted by Gasteiger charge is 2.27. The minimum atomic E-state index is 0.101. The number of hydrogen-bond donors (Lipinski definition) is 2. The summed E-state index contributed by atoms with van der Waals surface area (Å²) in [5.74, 6) is 0.693. The van der Waals surface area contributed by atoms with Gasteiger partial charge in [0.2, 0.25) is 0 Å². The molecule has 2 aliphatic rings. The maximum absolute atomic E-state index is 12.4. The van der Waals surface area contributed by atoms with E-state index < -0.39 is 0 Å². The lowest BCUT2D eigenvalue weighted by Crippen LogP contribution is -2.08.